The molecule has 0 spiro atoms. The molecule has 5 heteroatoms. The van der Waals surface area contributed by atoms with E-state index in [0.717, 1.165) is 4.47 Å². The fourth-order valence-electron chi connectivity index (χ4n) is 0.805. The molecular formula is C9H8BrClO3. The quantitative estimate of drug-likeness (QED) is 0.925. The van der Waals surface area contributed by atoms with Crippen molar-refractivity contribution in [2.45, 2.75) is 13.0 Å². The second-order valence-corrected chi connectivity index (χ2v) is 3.94. The second-order valence-electron chi connectivity index (χ2n) is 2.67. The van der Waals surface area contributed by atoms with Gasteiger partial charge in [-0.15, -0.1) is 0 Å². The summed E-state index contributed by atoms with van der Waals surface area (Å²) in [5, 5.41) is 9.09. The van der Waals surface area contributed by atoms with Crippen LogP contribution in [0.2, 0.25) is 5.02 Å². The molecule has 3 nitrogen and oxygen atoms in total. The van der Waals surface area contributed by atoms with E-state index in [0.29, 0.717) is 10.8 Å². The topological polar surface area (TPSA) is 46.5 Å². The summed E-state index contributed by atoms with van der Waals surface area (Å²) in [6.45, 7) is 1.46. The van der Waals surface area contributed by atoms with Gasteiger partial charge in [0.1, 0.15) is 5.75 Å². The van der Waals surface area contributed by atoms with Crippen LogP contribution in [-0.2, 0) is 4.79 Å². The fraction of sp³-hybridized carbons (Fsp3) is 0.222. The van der Waals surface area contributed by atoms with Crippen LogP contribution < -0.4 is 4.74 Å². The molecule has 0 aliphatic rings. The Morgan fingerprint density at radius 1 is 1.64 bits per heavy atom. The number of halogens is 2. The van der Waals surface area contributed by atoms with E-state index in [1.807, 2.05) is 0 Å². The highest BCUT2D eigenvalue weighted by Gasteiger charge is 2.12. The van der Waals surface area contributed by atoms with Crippen molar-refractivity contribution >= 4 is 33.5 Å². The lowest BCUT2D eigenvalue weighted by atomic mass is 10.3. The predicted molar refractivity (Wildman–Crippen MR) is 56.9 cm³/mol. The Morgan fingerprint density at radius 2 is 2.29 bits per heavy atom. The van der Waals surface area contributed by atoms with Gasteiger partial charge in [-0.1, -0.05) is 11.6 Å². The molecule has 0 heterocycles. The van der Waals surface area contributed by atoms with Gasteiger partial charge in [-0.3, -0.25) is 0 Å². The van der Waals surface area contributed by atoms with Gasteiger partial charge in [0, 0.05) is 4.47 Å². The molecular weight excluding hydrogens is 271 g/mol. The van der Waals surface area contributed by atoms with E-state index in [9.17, 15) is 4.79 Å². The first kappa shape index (κ1) is 11.3. The summed E-state index contributed by atoms with van der Waals surface area (Å²) in [4.78, 5) is 10.5. The first-order chi connectivity index (χ1) is 6.50. The molecule has 1 atom stereocenters. The van der Waals surface area contributed by atoms with Crippen LogP contribution in [0, 0.1) is 0 Å². The molecule has 0 bridgehead atoms. The minimum atomic E-state index is -1.01. The number of rotatable bonds is 3. The number of hydrogen-bond acceptors (Lipinski definition) is 2. The number of hydrogen-bond donors (Lipinski definition) is 1. The normalized spacial score (nSPS) is 12.2. The van der Waals surface area contributed by atoms with E-state index in [-0.39, 0.29) is 0 Å². The van der Waals surface area contributed by atoms with Crippen molar-refractivity contribution in [3.8, 4) is 5.75 Å². The van der Waals surface area contributed by atoms with Gasteiger partial charge >= 0.3 is 5.97 Å². The predicted octanol–water partition coefficient (Wildman–Crippen LogP) is 2.95. The molecule has 1 aromatic carbocycles. The minimum Gasteiger partial charge on any atom is -0.479 e. The number of carboxylic acid groups (broad SMARTS) is 1. The summed E-state index contributed by atoms with van der Waals surface area (Å²) in [7, 11) is 0. The van der Waals surface area contributed by atoms with Crippen molar-refractivity contribution in [2.24, 2.45) is 0 Å². The molecule has 0 aliphatic heterocycles. The Balaban J connectivity index is 2.78. The molecule has 0 saturated carbocycles. The first-order valence-corrected chi connectivity index (χ1v) is 5.02. The van der Waals surface area contributed by atoms with Crippen LogP contribution in [0.15, 0.2) is 22.7 Å². The third-order valence-electron chi connectivity index (χ3n) is 1.55. The molecule has 0 aliphatic carbocycles. The van der Waals surface area contributed by atoms with Crippen molar-refractivity contribution < 1.29 is 14.6 Å². The lowest BCUT2D eigenvalue weighted by Crippen LogP contribution is -2.22. The number of carbonyl (C=O) groups is 1. The summed E-state index contributed by atoms with van der Waals surface area (Å²) in [6, 6.07) is 4.91. The number of carboxylic acids is 1. The average Bonchev–Trinajstić information content (AvgIpc) is 2.11. The van der Waals surface area contributed by atoms with Gasteiger partial charge in [0.15, 0.2) is 6.10 Å². The van der Waals surface area contributed by atoms with Gasteiger partial charge in [0.25, 0.3) is 0 Å². The fourth-order valence-corrected chi connectivity index (χ4v) is 1.22. The van der Waals surface area contributed by atoms with Crippen molar-refractivity contribution in [1.82, 2.24) is 0 Å². The summed E-state index contributed by atoms with van der Waals surface area (Å²) in [5.74, 6) is -0.572. The van der Waals surface area contributed by atoms with Gasteiger partial charge in [-0.25, -0.2) is 4.79 Å². The molecule has 0 saturated heterocycles. The average molecular weight is 280 g/mol. The van der Waals surface area contributed by atoms with Crippen molar-refractivity contribution in [1.29, 1.82) is 0 Å². The smallest absolute Gasteiger partial charge is 0.344 e. The van der Waals surface area contributed by atoms with E-state index in [1.165, 1.54) is 6.92 Å². The summed E-state index contributed by atoms with van der Waals surface area (Å²) in [6.07, 6.45) is -0.882. The lowest BCUT2D eigenvalue weighted by Gasteiger charge is -2.10. The molecule has 0 fully saturated rings. The molecule has 14 heavy (non-hydrogen) atoms. The van der Waals surface area contributed by atoms with E-state index in [2.05, 4.69) is 15.9 Å². The van der Waals surface area contributed by atoms with E-state index in [1.54, 1.807) is 18.2 Å². The minimum absolute atomic E-state index is 0.438. The van der Waals surface area contributed by atoms with Gasteiger partial charge in [0.05, 0.1) is 5.02 Å². The Labute approximate surface area is 94.8 Å². The van der Waals surface area contributed by atoms with E-state index >= 15 is 0 Å². The van der Waals surface area contributed by atoms with Crippen LogP contribution in [-0.4, -0.2) is 17.2 Å². The summed E-state index contributed by atoms with van der Waals surface area (Å²) >= 11 is 9.02. The number of ether oxygens (including phenoxy) is 1. The van der Waals surface area contributed by atoms with Gasteiger partial charge in [-0.05, 0) is 41.1 Å². The monoisotopic (exact) mass is 278 g/mol. The Hall–Kier alpha value is -0.740. The maximum atomic E-state index is 10.5. The highest BCUT2D eigenvalue weighted by molar-refractivity contribution is 9.10. The first-order valence-electron chi connectivity index (χ1n) is 3.85. The highest BCUT2D eigenvalue weighted by atomic mass is 79.9. The molecule has 1 rings (SSSR count). The maximum absolute atomic E-state index is 10.5. The Bertz CT molecular complexity index is 354. The van der Waals surface area contributed by atoms with Crippen LogP contribution in [0.1, 0.15) is 6.92 Å². The standard InChI is InChI=1S/C9H8BrClO3/c1-5(9(12)13)14-6-2-3-7(10)8(11)4-6/h2-5H,1H3,(H,12,13). The molecule has 1 N–H and O–H groups in total. The molecule has 76 valence electrons. The number of aliphatic carboxylic acids is 1. The number of benzene rings is 1. The van der Waals surface area contributed by atoms with Crippen molar-refractivity contribution in [2.75, 3.05) is 0 Å². The molecule has 1 unspecified atom stereocenters. The third kappa shape index (κ3) is 2.89. The lowest BCUT2D eigenvalue weighted by molar-refractivity contribution is -0.144. The summed E-state index contributed by atoms with van der Waals surface area (Å²) < 4.78 is 5.85. The van der Waals surface area contributed by atoms with Crippen LogP contribution in [0.5, 0.6) is 5.75 Å². The van der Waals surface area contributed by atoms with Crippen LogP contribution in [0.3, 0.4) is 0 Å². The molecule has 0 amide bonds. The molecule has 1 aromatic rings. The zero-order chi connectivity index (χ0) is 10.7. The largest absolute Gasteiger partial charge is 0.479 e. The highest BCUT2D eigenvalue weighted by Crippen LogP contribution is 2.27. The second kappa shape index (κ2) is 4.66. The van der Waals surface area contributed by atoms with Gasteiger partial charge in [-0.2, -0.15) is 0 Å². The van der Waals surface area contributed by atoms with Crippen LogP contribution in [0.4, 0.5) is 0 Å². The van der Waals surface area contributed by atoms with E-state index < -0.39 is 12.1 Å². The summed E-state index contributed by atoms with van der Waals surface area (Å²) in [5.41, 5.74) is 0. The Morgan fingerprint density at radius 3 is 2.79 bits per heavy atom. The maximum Gasteiger partial charge on any atom is 0.344 e. The van der Waals surface area contributed by atoms with E-state index in [4.69, 9.17) is 21.4 Å². The van der Waals surface area contributed by atoms with Crippen LogP contribution in [0.25, 0.3) is 0 Å². The van der Waals surface area contributed by atoms with Crippen molar-refractivity contribution in [3.05, 3.63) is 27.7 Å². The van der Waals surface area contributed by atoms with Crippen LogP contribution >= 0.6 is 27.5 Å². The van der Waals surface area contributed by atoms with Gasteiger partial charge < -0.3 is 9.84 Å². The zero-order valence-electron chi connectivity index (χ0n) is 7.33. The van der Waals surface area contributed by atoms with Gasteiger partial charge in [0.2, 0.25) is 0 Å². The molecule has 0 radical (unpaired) electrons. The third-order valence-corrected chi connectivity index (χ3v) is 2.78. The SMILES string of the molecule is CC(Oc1ccc(Br)c(Cl)c1)C(=O)O. The molecule has 0 aromatic heterocycles. The van der Waals surface area contributed by atoms with Crippen molar-refractivity contribution in [3.63, 3.8) is 0 Å². The zero-order valence-corrected chi connectivity index (χ0v) is 9.67. The Kier molecular flexibility index (Phi) is 3.77.